The van der Waals surface area contributed by atoms with E-state index < -0.39 is 27.9 Å². The molecular weight excluding hydrogens is 408 g/mol. The first-order valence-corrected chi connectivity index (χ1v) is 9.84. The van der Waals surface area contributed by atoms with E-state index in [-0.39, 0.29) is 18.0 Å². The van der Waals surface area contributed by atoms with Gasteiger partial charge in [0, 0.05) is 28.2 Å². The average Bonchev–Trinajstić information content (AvgIpc) is 3.04. The lowest BCUT2D eigenvalue weighted by atomic mass is 10.1. The van der Waals surface area contributed by atoms with E-state index in [1.807, 2.05) is 0 Å². The zero-order chi connectivity index (χ0) is 21.2. The van der Waals surface area contributed by atoms with Crippen molar-refractivity contribution < 1.29 is 31.5 Å². The molecule has 0 aliphatic heterocycles. The summed E-state index contributed by atoms with van der Waals surface area (Å²) in [5.41, 5.74) is 1.42. The standard InChI is InChI=1S/C18H17F2N3O5S/c1-3-28-18(24)23-29(25,26)22-16-7-10(4-5-17(16)27-2)14-8-11-6-12(19)13(20)9-15(11)21-14/h4-9,21-22H,3H2,1-2H3,(H,23,24). The highest BCUT2D eigenvalue weighted by Gasteiger charge is 2.18. The number of anilines is 1. The van der Waals surface area contributed by atoms with Gasteiger partial charge in [0.2, 0.25) is 0 Å². The van der Waals surface area contributed by atoms with Crippen LogP contribution in [-0.2, 0) is 14.9 Å². The lowest BCUT2D eigenvalue weighted by molar-refractivity contribution is 0.159. The quantitative estimate of drug-likeness (QED) is 0.560. The van der Waals surface area contributed by atoms with Crippen LogP contribution in [0.3, 0.4) is 0 Å². The third-order valence-corrected chi connectivity index (χ3v) is 4.83. The number of H-pyrrole nitrogens is 1. The Bertz CT molecular complexity index is 1140. The van der Waals surface area contributed by atoms with Crippen LogP contribution in [0.2, 0.25) is 0 Å². The summed E-state index contributed by atoms with van der Waals surface area (Å²) in [6.07, 6.45) is -1.13. The Kier molecular flexibility index (Phi) is 5.59. The molecule has 8 nitrogen and oxygen atoms in total. The molecule has 1 aromatic heterocycles. The number of carbonyl (C=O) groups excluding carboxylic acids is 1. The van der Waals surface area contributed by atoms with Gasteiger partial charge in [-0.3, -0.25) is 4.72 Å². The second-order valence-corrected chi connectivity index (χ2v) is 7.29. The SMILES string of the molecule is CCOC(=O)NS(=O)(=O)Nc1cc(-c2cc3cc(F)c(F)cc3[nH]2)ccc1OC. The van der Waals surface area contributed by atoms with Gasteiger partial charge in [-0.2, -0.15) is 8.42 Å². The van der Waals surface area contributed by atoms with Gasteiger partial charge in [0.15, 0.2) is 11.6 Å². The number of methoxy groups -OCH3 is 1. The normalized spacial score (nSPS) is 11.3. The molecule has 2 aromatic carbocycles. The van der Waals surface area contributed by atoms with Crippen molar-refractivity contribution >= 4 is 32.9 Å². The molecule has 0 aliphatic carbocycles. The molecule has 0 atom stereocenters. The fraction of sp³-hybridized carbons (Fsp3) is 0.167. The van der Waals surface area contributed by atoms with Crippen LogP contribution in [-0.4, -0.2) is 33.2 Å². The van der Waals surface area contributed by atoms with Crippen LogP contribution >= 0.6 is 0 Å². The van der Waals surface area contributed by atoms with E-state index in [9.17, 15) is 22.0 Å². The molecule has 0 saturated carbocycles. The number of benzene rings is 2. The number of aromatic amines is 1. The van der Waals surface area contributed by atoms with Crippen molar-refractivity contribution in [2.45, 2.75) is 6.92 Å². The minimum Gasteiger partial charge on any atom is -0.495 e. The zero-order valence-electron chi connectivity index (χ0n) is 15.4. The summed E-state index contributed by atoms with van der Waals surface area (Å²) < 4.78 is 64.8. The number of hydrogen-bond donors (Lipinski definition) is 3. The molecular formula is C18H17F2N3O5S. The van der Waals surface area contributed by atoms with Crippen LogP contribution in [0.25, 0.3) is 22.2 Å². The zero-order valence-corrected chi connectivity index (χ0v) is 16.2. The van der Waals surface area contributed by atoms with E-state index in [4.69, 9.17) is 4.74 Å². The average molecular weight is 425 g/mol. The Morgan fingerprint density at radius 3 is 2.55 bits per heavy atom. The molecule has 0 radical (unpaired) electrons. The number of hydrogen-bond acceptors (Lipinski definition) is 5. The van der Waals surface area contributed by atoms with Crippen LogP contribution in [0, 0.1) is 11.6 Å². The maximum absolute atomic E-state index is 13.4. The van der Waals surface area contributed by atoms with Crippen molar-refractivity contribution in [1.29, 1.82) is 0 Å². The first kappa shape index (κ1) is 20.4. The van der Waals surface area contributed by atoms with Gasteiger partial charge in [0.1, 0.15) is 5.75 Å². The van der Waals surface area contributed by atoms with Gasteiger partial charge in [0.25, 0.3) is 0 Å². The third-order valence-electron chi connectivity index (χ3n) is 3.91. The molecule has 0 fully saturated rings. The van der Waals surface area contributed by atoms with Crippen molar-refractivity contribution in [1.82, 2.24) is 9.71 Å². The van der Waals surface area contributed by atoms with Gasteiger partial charge in [-0.05, 0) is 37.3 Å². The van der Waals surface area contributed by atoms with Gasteiger partial charge in [-0.15, -0.1) is 0 Å². The molecule has 0 bridgehead atoms. The summed E-state index contributed by atoms with van der Waals surface area (Å²) in [6.45, 7) is 1.53. The fourth-order valence-corrected chi connectivity index (χ4v) is 3.46. The highest BCUT2D eigenvalue weighted by molar-refractivity contribution is 7.91. The smallest absolute Gasteiger partial charge is 0.422 e. The van der Waals surface area contributed by atoms with Crippen molar-refractivity contribution in [3.63, 3.8) is 0 Å². The van der Waals surface area contributed by atoms with Crippen molar-refractivity contribution in [3.8, 4) is 17.0 Å². The van der Waals surface area contributed by atoms with E-state index in [1.165, 1.54) is 26.2 Å². The summed E-state index contributed by atoms with van der Waals surface area (Å²) in [7, 11) is -2.94. The van der Waals surface area contributed by atoms with Gasteiger partial charge in [-0.1, -0.05) is 0 Å². The molecule has 11 heteroatoms. The summed E-state index contributed by atoms with van der Waals surface area (Å²) in [5.74, 6) is -1.77. The van der Waals surface area contributed by atoms with E-state index in [2.05, 4.69) is 14.4 Å². The summed E-state index contributed by atoms with van der Waals surface area (Å²) in [6, 6.07) is 8.26. The number of ether oxygens (including phenoxy) is 2. The number of fused-ring (bicyclic) bond motifs is 1. The first-order valence-electron chi connectivity index (χ1n) is 8.36. The van der Waals surface area contributed by atoms with Crippen LogP contribution in [0.1, 0.15) is 6.92 Å². The minimum atomic E-state index is -4.29. The molecule has 3 rings (SSSR count). The number of aromatic nitrogens is 1. The van der Waals surface area contributed by atoms with Gasteiger partial charge >= 0.3 is 16.3 Å². The maximum atomic E-state index is 13.4. The van der Waals surface area contributed by atoms with E-state index >= 15 is 0 Å². The van der Waals surface area contributed by atoms with Crippen LogP contribution in [0.15, 0.2) is 36.4 Å². The molecule has 0 saturated heterocycles. The molecule has 3 aromatic rings. The molecule has 0 unspecified atom stereocenters. The van der Waals surface area contributed by atoms with E-state index in [1.54, 1.807) is 16.9 Å². The predicted molar refractivity (Wildman–Crippen MR) is 103 cm³/mol. The molecule has 29 heavy (non-hydrogen) atoms. The van der Waals surface area contributed by atoms with Crippen molar-refractivity contribution in [2.24, 2.45) is 0 Å². The second kappa shape index (κ2) is 7.95. The molecule has 1 heterocycles. The monoisotopic (exact) mass is 425 g/mol. The van der Waals surface area contributed by atoms with Crippen LogP contribution in [0.4, 0.5) is 19.3 Å². The molecule has 154 valence electrons. The van der Waals surface area contributed by atoms with Crippen molar-refractivity contribution in [3.05, 3.63) is 48.0 Å². The maximum Gasteiger partial charge on any atom is 0.422 e. The van der Waals surface area contributed by atoms with E-state index in [0.717, 1.165) is 12.1 Å². The minimum absolute atomic E-state index is 0.00172. The van der Waals surface area contributed by atoms with Gasteiger partial charge < -0.3 is 14.5 Å². The van der Waals surface area contributed by atoms with Crippen molar-refractivity contribution in [2.75, 3.05) is 18.4 Å². The second-order valence-electron chi connectivity index (χ2n) is 5.88. The Hall–Kier alpha value is -3.34. The number of carbonyl (C=O) groups is 1. The molecule has 3 N–H and O–H groups in total. The number of rotatable bonds is 6. The predicted octanol–water partition coefficient (Wildman–Crippen LogP) is 3.52. The molecule has 1 amide bonds. The fourth-order valence-electron chi connectivity index (χ4n) is 2.68. The summed E-state index contributed by atoms with van der Waals surface area (Å²) in [4.78, 5) is 14.3. The largest absolute Gasteiger partial charge is 0.495 e. The molecule has 0 aliphatic rings. The van der Waals surface area contributed by atoms with Gasteiger partial charge in [-0.25, -0.2) is 18.3 Å². The topological polar surface area (TPSA) is 110 Å². The highest BCUT2D eigenvalue weighted by atomic mass is 32.2. The van der Waals surface area contributed by atoms with Crippen LogP contribution < -0.4 is 14.2 Å². The van der Waals surface area contributed by atoms with E-state index in [0.29, 0.717) is 22.2 Å². The lowest BCUT2D eigenvalue weighted by Crippen LogP contribution is -2.35. The Balaban J connectivity index is 1.96. The number of amides is 1. The van der Waals surface area contributed by atoms with Gasteiger partial charge in [0.05, 0.1) is 19.4 Å². The Labute approximate surface area is 165 Å². The number of nitrogens with one attached hydrogen (secondary N) is 3. The Morgan fingerprint density at radius 2 is 1.86 bits per heavy atom. The lowest BCUT2D eigenvalue weighted by Gasteiger charge is -2.13. The highest BCUT2D eigenvalue weighted by Crippen LogP contribution is 2.32. The summed E-state index contributed by atoms with van der Waals surface area (Å²) in [5, 5.41) is 0.445. The molecule has 0 spiro atoms. The Morgan fingerprint density at radius 1 is 1.14 bits per heavy atom. The third kappa shape index (κ3) is 4.57. The first-order chi connectivity index (χ1) is 13.7. The van der Waals surface area contributed by atoms with Crippen LogP contribution in [0.5, 0.6) is 5.75 Å². The summed E-state index contributed by atoms with van der Waals surface area (Å²) >= 11 is 0. The number of halogens is 2.